The topological polar surface area (TPSA) is 0 Å². The first-order valence-electron chi connectivity index (χ1n) is 11.3. The highest BCUT2D eigenvalue weighted by molar-refractivity contribution is 5.91. The number of hydrogen-bond acceptors (Lipinski definition) is 0. The van der Waals surface area contributed by atoms with Crippen molar-refractivity contribution in [2.75, 3.05) is 0 Å². The number of allylic oxidation sites excluding steroid dienone is 8. The molecule has 0 saturated heterocycles. The number of rotatable bonds is 2. The second-order valence-corrected chi connectivity index (χ2v) is 7.87. The van der Waals surface area contributed by atoms with Crippen molar-refractivity contribution in [1.82, 2.24) is 0 Å². The third kappa shape index (κ3) is 5.96. The third-order valence-corrected chi connectivity index (χ3v) is 5.46. The minimum atomic E-state index is 1.15. The Kier molecular flexibility index (Phi) is 7.65. The van der Waals surface area contributed by atoms with Gasteiger partial charge in [-0.1, -0.05) is 157 Å². The van der Waals surface area contributed by atoms with Crippen LogP contribution in [0.4, 0.5) is 0 Å². The van der Waals surface area contributed by atoms with Crippen molar-refractivity contribution in [2.45, 2.75) is 6.92 Å². The van der Waals surface area contributed by atoms with Crippen LogP contribution in [-0.2, 0) is 0 Å². The molecule has 1 aliphatic carbocycles. The molecule has 1 aliphatic rings. The quantitative estimate of drug-likeness (QED) is 0.384. The zero-order valence-corrected chi connectivity index (χ0v) is 18.9. The molecule has 0 amide bonds. The zero-order valence-electron chi connectivity index (χ0n) is 18.9. The average Bonchev–Trinajstić information content (AvgIpc) is 2.85. The number of hydrogen-bond donors (Lipinski definition) is 0. The van der Waals surface area contributed by atoms with E-state index in [9.17, 15) is 0 Å². The van der Waals surface area contributed by atoms with Crippen LogP contribution in [0.2, 0.25) is 0 Å². The molecule has 33 heavy (non-hydrogen) atoms. The van der Waals surface area contributed by atoms with Crippen molar-refractivity contribution in [2.24, 2.45) is 0 Å². The summed E-state index contributed by atoms with van der Waals surface area (Å²) in [7, 11) is 0. The molecule has 160 valence electrons. The van der Waals surface area contributed by atoms with Crippen LogP contribution in [0.3, 0.4) is 0 Å². The van der Waals surface area contributed by atoms with Gasteiger partial charge in [0.25, 0.3) is 0 Å². The molecule has 0 saturated carbocycles. The lowest BCUT2D eigenvalue weighted by molar-refractivity contribution is 1.52. The maximum absolute atomic E-state index is 2.22. The van der Waals surface area contributed by atoms with Crippen molar-refractivity contribution in [3.8, 4) is 22.3 Å². The molecule has 0 N–H and O–H groups in total. The van der Waals surface area contributed by atoms with Gasteiger partial charge in [0.15, 0.2) is 0 Å². The van der Waals surface area contributed by atoms with Crippen LogP contribution in [0.15, 0.2) is 145 Å². The first-order valence-corrected chi connectivity index (χ1v) is 11.3. The Morgan fingerprint density at radius 3 is 1.79 bits per heavy atom. The maximum atomic E-state index is 2.22. The molecule has 0 aliphatic heterocycles. The molecule has 0 radical (unpaired) electrons. The summed E-state index contributed by atoms with van der Waals surface area (Å²) < 4.78 is 0. The van der Waals surface area contributed by atoms with E-state index in [4.69, 9.17) is 0 Å². The van der Waals surface area contributed by atoms with Crippen molar-refractivity contribution in [3.05, 3.63) is 156 Å². The fourth-order valence-electron chi connectivity index (χ4n) is 3.85. The standard InChI is InChI=1S/C33H28/c1-27-17-7-4-14-26-32-29(22-16-15-18-27)19-8-2-3-13-25-31(28-20-9-5-10-21-28)33(32)30-23-11-6-12-24-30/h2-26H,1H3/b3-2?,7-4+,8-2?,13-3?,14-4?,16-15?,17-7?,18-15-,19-8?,22-16+,25-13?,26-14+,27-17-,27-18?,29-19?,29-22?,31-25?,32-26?,32-29?,33-31?,33-32?. The minimum absolute atomic E-state index is 1.15. The summed E-state index contributed by atoms with van der Waals surface area (Å²) in [6.07, 6.45) is 19.2. The van der Waals surface area contributed by atoms with Crippen molar-refractivity contribution in [1.29, 1.82) is 0 Å². The zero-order chi connectivity index (χ0) is 22.7. The molecule has 0 fully saturated rings. The Hall–Kier alpha value is -4.16. The summed E-state index contributed by atoms with van der Waals surface area (Å²) in [5.41, 5.74) is 8.31. The van der Waals surface area contributed by atoms with Crippen LogP contribution < -0.4 is 0 Å². The van der Waals surface area contributed by atoms with E-state index < -0.39 is 0 Å². The van der Waals surface area contributed by atoms with Gasteiger partial charge in [-0.05, 0) is 40.3 Å². The van der Waals surface area contributed by atoms with Crippen LogP contribution in [0.25, 0.3) is 34.4 Å². The average molecular weight is 425 g/mol. The summed E-state index contributed by atoms with van der Waals surface area (Å²) in [6.45, 7) is 2.11. The maximum Gasteiger partial charge on any atom is -0.00268 e. The second-order valence-electron chi connectivity index (χ2n) is 7.87. The Bertz CT molecular complexity index is 1280. The second kappa shape index (κ2) is 11.5. The van der Waals surface area contributed by atoms with Gasteiger partial charge in [-0.25, -0.2) is 0 Å². The van der Waals surface area contributed by atoms with Crippen molar-refractivity contribution < 1.29 is 0 Å². The lowest BCUT2D eigenvalue weighted by atomic mass is 9.89. The smallest absolute Gasteiger partial charge is 0.00268 e. The molecule has 0 spiro atoms. The van der Waals surface area contributed by atoms with Gasteiger partial charge < -0.3 is 0 Å². The Morgan fingerprint density at radius 2 is 1.03 bits per heavy atom. The van der Waals surface area contributed by atoms with E-state index in [-0.39, 0.29) is 0 Å². The first-order chi connectivity index (χ1) is 16.3. The summed E-state index contributed by atoms with van der Waals surface area (Å²) >= 11 is 0. The van der Waals surface area contributed by atoms with Gasteiger partial charge in [0, 0.05) is 0 Å². The van der Waals surface area contributed by atoms with Gasteiger partial charge in [-0.15, -0.1) is 0 Å². The van der Waals surface area contributed by atoms with Crippen molar-refractivity contribution in [3.63, 3.8) is 0 Å². The monoisotopic (exact) mass is 424 g/mol. The van der Waals surface area contributed by atoms with Gasteiger partial charge in [0.2, 0.25) is 0 Å². The summed E-state index contributed by atoms with van der Waals surface area (Å²) in [4.78, 5) is 0. The molecule has 3 aromatic rings. The molecule has 4 rings (SSSR count). The van der Waals surface area contributed by atoms with Crippen LogP contribution in [0.5, 0.6) is 0 Å². The Balaban J connectivity index is 2.15. The van der Waals surface area contributed by atoms with E-state index >= 15 is 0 Å². The molecule has 0 heterocycles. The van der Waals surface area contributed by atoms with Gasteiger partial charge >= 0.3 is 0 Å². The van der Waals surface area contributed by atoms with Gasteiger partial charge in [0.05, 0.1) is 0 Å². The lowest BCUT2D eigenvalue weighted by Gasteiger charge is -2.14. The largest absolute Gasteiger partial charge is 0.0622 e. The number of fused-ring (bicyclic) bond motifs is 1. The van der Waals surface area contributed by atoms with Crippen molar-refractivity contribution >= 4 is 12.2 Å². The third-order valence-electron chi connectivity index (χ3n) is 5.46. The molecule has 0 unspecified atom stereocenters. The van der Waals surface area contributed by atoms with Crippen LogP contribution in [-0.4, -0.2) is 0 Å². The predicted molar refractivity (Wildman–Crippen MR) is 145 cm³/mol. The molecule has 0 atom stereocenters. The molecular weight excluding hydrogens is 396 g/mol. The molecule has 0 heteroatoms. The summed E-state index contributed by atoms with van der Waals surface area (Å²) in [5, 5.41) is 0. The van der Waals surface area contributed by atoms with Crippen LogP contribution >= 0.6 is 0 Å². The highest BCUT2D eigenvalue weighted by atomic mass is 14.1. The summed E-state index contributed by atoms with van der Waals surface area (Å²) in [6, 6.07) is 34.1. The molecule has 0 nitrogen and oxygen atoms in total. The SMILES string of the molecule is CC1=C/C=C/C=C/c2c(ccccccc(-c3ccccc3)c2-c2ccccc2)/C=C/C=C\1. The number of benzene rings is 2. The van der Waals surface area contributed by atoms with Gasteiger partial charge in [0.1, 0.15) is 0 Å². The van der Waals surface area contributed by atoms with E-state index in [0.717, 1.165) is 5.56 Å². The molecule has 3 aromatic carbocycles. The van der Waals surface area contributed by atoms with Crippen LogP contribution in [0, 0.1) is 0 Å². The molecular formula is C33H28. The lowest BCUT2D eigenvalue weighted by Crippen LogP contribution is -1.90. The fraction of sp³-hybridized carbons (Fsp3) is 0.0303. The molecule has 0 bridgehead atoms. The first kappa shape index (κ1) is 22.0. The fourth-order valence-corrected chi connectivity index (χ4v) is 3.85. The molecule has 0 aromatic heterocycles. The Labute approximate surface area is 197 Å². The minimum Gasteiger partial charge on any atom is -0.0622 e. The summed E-state index contributed by atoms with van der Waals surface area (Å²) in [5.74, 6) is 0. The van der Waals surface area contributed by atoms with E-state index in [1.807, 2.05) is 0 Å². The normalized spacial score (nSPS) is 18.2. The Morgan fingerprint density at radius 1 is 0.455 bits per heavy atom. The van der Waals surface area contributed by atoms with E-state index in [0.29, 0.717) is 0 Å². The van der Waals surface area contributed by atoms with E-state index in [2.05, 4.69) is 159 Å². The highest BCUT2D eigenvalue weighted by Crippen LogP contribution is 2.36. The van der Waals surface area contributed by atoms with E-state index in [1.165, 1.54) is 33.4 Å². The van der Waals surface area contributed by atoms with Gasteiger partial charge in [-0.3, -0.25) is 0 Å². The van der Waals surface area contributed by atoms with E-state index in [1.54, 1.807) is 0 Å². The van der Waals surface area contributed by atoms with Crippen LogP contribution in [0.1, 0.15) is 18.1 Å². The van der Waals surface area contributed by atoms with Gasteiger partial charge in [-0.2, -0.15) is 0 Å². The highest BCUT2D eigenvalue weighted by Gasteiger charge is 2.11. The predicted octanol–water partition coefficient (Wildman–Crippen LogP) is 9.24.